The molecule has 2 nitrogen and oxygen atoms in total. The fraction of sp³-hybridized carbons (Fsp3) is 0.455. The van der Waals surface area contributed by atoms with Crippen molar-refractivity contribution in [3.8, 4) is 0 Å². The van der Waals surface area contributed by atoms with Crippen molar-refractivity contribution in [1.82, 2.24) is 0 Å². The van der Waals surface area contributed by atoms with E-state index in [0.29, 0.717) is 5.56 Å². The predicted octanol–water partition coefficient (Wildman–Crippen LogP) is 2.32. The first kappa shape index (κ1) is 12.5. The van der Waals surface area contributed by atoms with Gasteiger partial charge in [-0.25, -0.2) is 4.39 Å². The van der Waals surface area contributed by atoms with Gasteiger partial charge in [-0.3, -0.25) is 0 Å². The quantitative estimate of drug-likeness (QED) is 0.779. The van der Waals surface area contributed by atoms with E-state index in [2.05, 4.69) is 0 Å². The molecular weight excluding hydrogens is 213 g/mol. The summed E-state index contributed by atoms with van der Waals surface area (Å²) in [6.45, 7) is 3.71. The Kier molecular flexibility index (Phi) is 4.57. The monoisotopic (exact) mass is 229 g/mol. The van der Waals surface area contributed by atoms with E-state index in [4.69, 9.17) is 10.8 Å². The average molecular weight is 229 g/mol. The van der Waals surface area contributed by atoms with Gasteiger partial charge in [0.15, 0.2) is 0 Å². The lowest BCUT2D eigenvalue weighted by Crippen LogP contribution is -2.10. The number of hydrogen-bond donors (Lipinski definition) is 2. The minimum absolute atomic E-state index is 0.0456. The molecule has 0 saturated heterocycles. The van der Waals surface area contributed by atoms with Crippen LogP contribution in [0.25, 0.3) is 0 Å². The van der Waals surface area contributed by atoms with Crippen LogP contribution in [0.15, 0.2) is 23.1 Å². The lowest BCUT2D eigenvalue weighted by molar-refractivity contribution is 0.300. The van der Waals surface area contributed by atoms with Crippen LogP contribution in [0, 0.1) is 5.82 Å². The molecule has 0 aliphatic rings. The van der Waals surface area contributed by atoms with Gasteiger partial charge in [0, 0.05) is 21.8 Å². The highest BCUT2D eigenvalue weighted by atomic mass is 32.2. The van der Waals surface area contributed by atoms with Gasteiger partial charge in [-0.1, -0.05) is 13.0 Å². The second-order valence-electron chi connectivity index (χ2n) is 3.55. The predicted molar refractivity (Wildman–Crippen MR) is 61.4 cm³/mol. The molecule has 0 fully saturated rings. The highest BCUT2D eigenvalue weighted by molar-refractivity contribution is 8.00. The molecule has 1 aromatic rings. The number of nitrogens with two attached hydrogens (primary N) is 1. The van der Waals surface area contributed by atoms with Crippen LogP contribution in [0.1, 0.15) is 25.5 Å². The van der Waals surface area contributed by atoms with Gasteiger partial charge in [0.05, 0.1) is 6.61 Å². The molecule has 0 spiro atoms. The van der Waals surface area contributed by atoms with Gasteiger partial charge in [-0.15, -0.1) is 11.8 Å². The highest BCUT2D eigenvalue weighted by Gasteiger charge is 2.14. The van der Waals surface area contributed by atoms with Gasteiger partial charge < -0.3 is 10.8 Å². The van der Waals surface area contributed by atoms with Crippen molar-refractivity contribution < 1.29 is 9.50 Å². The summed E-state index contributed by atoms with van der Waals surface area (Å²) in [5, 5.41) is 8.99. The fourth-order valence-corrected chi connectivity index (χ4v) is 2.39. The summed E-state index contributed by atoms with van der Waals surface area (Å²) in [7, 11) is 0. The van der Waals surface area contributed by atoms with Crippen LogP contribution in [-0.4, -0.2) is 17.0 Å². The van der Waals surface area contributed by atoms with E-state index in [1.165, 1.54) is 17.8 Å². The lowest BCUT2D eigenvalue weighted by atomic mass is 10.1. The number of hydrogen-bond acceptors (Lipinski definition) is 3. The summed E-state index contributed by atoms with van der Waals surface area (Å²) in [5.74, 6) is -0.278. The zero-order valence-electron chi connectivity index (χ0n) is 8.90. The third-order valence-corrected chi connectivity index (χ3v) is 3.21. The van der Waals surface area contributed by atoms with Crippen molar-refractivity contribution in [3.05, 3.63) is 29.6 Å². The molecule has 4 heteroatoms. The van der Waals surface area contributed by atoms with Crippen LogP contribution in [0.2, 0.25) is 0 Å². The normalized spacial score (nSPS) is 15.0. The van der Waals surface area contributed by atoms with E-state index < -0.39 is 0 Å². The first-order valence-electron chi connectivity index (χ1n) is 4.87. The molecule has 0 bridgehead atoms. The van der Waals surface area contributed by atoms with E-state index in [0.717, 1.165) is 4.90 Å². The molecule has 15 heavy (non-hydrogen) atoms. The van der Waals surface area contributed by atoms with Crippen LogP contribution in [0.4, 0.5) is 4.39 Å². The SMILES string of the molecule is CC(CO)Sc1cccc(F)c1[C@@H](C)N. The Morgan fingerprint density at radius 2 is 2.13 bits per heavy atom. The third-order valence-electron chi connectivity index (χ3n) is 2.05. The summed E-state index contributed by atoms with van der Waals surface area (Å²) in [4.78, 5) is 0.812. The van der Waals surface area contributed by atoms with Gasteiger partial charge in [-0.05, 0) is 19.1 Å². The first-order valence-corrected chi connectivity index (χ1v) is 5.75. The van der Waals surface area contributed by atoms with E-state index in [9.17, 15) is 4.39 Å². The molecule has 1 unspecified atom stereocenters. The molecule has 1 aromatic carbocycles. The largest absolute Gasteiger partial charge is 0.395 e. The van der Waals surface area contributed by atoms with Crippen LogP contribution < -0.4 is 5.73 Å². The van der Waals surface area contributed by atoms with Gasteiger partial charge in [0.25, 0.3) is 0 Å². The second-order valence-corrected chi connectivity index (χ2v) is 5.03. The molecule has 0 aromatic heterocycles. The standard InChI is InChI=1S/C11H16FNOS/c1-7(6-14)15-10-5-3-4-9(12)11(10)8(2)13/h3-5,7-8,14H,6,13H2,1-2H3/t7?,8-/m1/s1. The van der Waals surface area contributed by atoms with Crippen LogP contribution in [0.5, 0.6) is 0 Å². The molecule has 2 atom stereocenters. The number of benzene rings is 1. The summed E-state index contributed by atoms with van der Waals surface area (Å²) in [5.41, 5.74) is 6.25. The Labute approximate surface area is 93.7 Å². The van der Waals surface area contributed by atoms with E-state index in [1.807, 2.05) is 13.0 Å². The molecule has 1 rings (SSSR count). The Balaban J connectivity index is 3.00. The molecular formula is C11H16FNOS. The molecule has 0 amide bonds. The van der Waals surface area contributed by atoms with Crippen molar-refractivity contribution >= 4 is 11.8 Å². The van der Waals surface area contributed by atoms with Crippen molar-refractivity contribution in [3.63, 3.8) is 0 Å². The highest BCUT2D eigenvalue weighted by Crippen LogP contribution is 2.31. The van der Waals surface area contributed by atoms with E-state index in [1.54, 1.807) is 13.0 Å². The zero-order valence-corrected chi connectivity index (χ0v) is 9.72. The van der Waals surface area contributed by atoms with Gasteiger partial charge in [0.2, 0.25) is 0 Å². The van der Waals surface area contributed by atoms with E-state index >= 15 is 0 Å². The molecule has 84 valence electrons. The fourth-order valence-electron chi connectivity index (χ4n) is 1.32. The Morgan fingerprint density at radius 1 is 1.47 bits per heavy atom. The first-order chi connectivity index (χ1) is 7.06. The lowest BCUT2D eigenvalue weighted by Gasteiger charge is -2.15. The molecule has 0 aliphatic heterocycles. The van der Waals surface area contributed by atoms with Crippen molar-refractivity contribution in [1.29, 1.82) is 0 Å². The van der Waals surface area contributed by atoms with Gasteiger partial charge in [0.1, 0.15) is 5.82 Å². The van der Waals surface area contributed by atoms with Crippen molar-refractivity contribution in [2.45, 2.75) is 30.0 Å². The minimum atomic E-state index is -0.334. The number of aliphatic hydroxyl groups is 1. The van der Waals surface area contributed by atoms with Crippen LogP contribution in [-0.2, 0) is 0 Å². The zero-order chi connectivity index (χ0) is 11.4. The maximum atomic E-state index is 13.5. The number of halogens is 1. The second kappa shape index (κ2) is 5.49. The summed E-state index contributed by atoms with van der Waals surface area (Å²) >= 11 is 1.44. The number of aliphatic hydroxyl groups excluding tert-OH is 1. The molecule has 0 aliphatic carbocycles. The third kappa shape index (κ3) is 3.19. The average Bonchev–Trinajstić information content (AvgIpc) is 2.17. The van der Waals surface area contributed by atoms with Crippen molar-refractivity contribution in [2.75, 3.05) is 6.61 Å². The molecule has 0 heterocycles. The maximum Gasteiger partial charge on any atom is 0.129 e. The summed E-state index contributed by atoms with van der Waals surface area (Å²) < 4.78 is 13.5. The van der Waals surface area contributed by atoms with Crippen LogP contribution in [0.3, 0.4) is 0 Å². The van der Waals surface area contributed by atoms with Gasteiger partial charge in [-0.2, -0.15) is 0 Å². The molecule has 0 saturated carbocycles. The minimum Gasteiger partial charge on any atom is -0.395 e. The van der Waals surface area contributed by atoms with Crippen molar-refractivity contribution in [2.24, 2.45) is 5.73 Å². The molecule has 3 N–H and O–H groups in total. The maximum absolute atomic E-state index is 13.5. The Morgan fingerprint density at radius 3 is 2.67 bits per heavy atom. The smallest absolute Gasteiger partial charge is 0.129 e. The molecule has 0 radical (unpaired) electrons. The Bertz CT molecular complexity index is 330. The number of rotatable bonds is 4. The van der Waals surface area contributed by atoms with Gasteiger partial charge >= 0.3 is 0 Å². The van der Waals surface area contributed by atoms with Crippen LogP contribution >= 0.6 is 11.8 Å². The number of thioether (sulfide) groups is 1. The summed E-state index contributed by atoms with van der Waals surface area (Å²) in [6.07, 6.45) is 0. The van der Waals surface area contributed by atoms with E-state index in [-0.39, 0.29) is 23.7 Å². The summed E-state index contributed by atoms with van der Waals surface area (Å²) in [6, 6.07) is 4.57. The Hall–Kier alpha value is -0.580. The topological polar surface area (TPSA) is 46.2 Å².